The van der Waals surface area contributed by atoms with Crippen LogP contribution in [0.25, 0.3) is 0 Å². The molecule has 0 aromatic heterocycles. The van der Waals surface area contributed by atoms with Crippen molar-refractivity contribution in [3.05, 3.63) is 29.8 Å². The summed E-state index contributed by atoms with van der Waals surface area (Å²) in [5.41, 5.74) is 0.548. The predicted molar refractivity (Wildman–Crippen MR) is 88.9 cm³/mol. The molecule has 2 aliphatic rings. The summed E-state index contributed by atoms with van der Waals surface area (Å²) in [4.78, 5) is 51.0. The zero-order chi connectivity index (χ0) is 18.0. The van der Waals surface area contributed by atoms with E-state index in [1.165, 1.54) is 12.1 Å². The SMILES string of the molecule is C[C@@H](OC(=O)c1cccc(N2C(=O)CCC2=O)c1)C(=O)N1CCCC1. The molecule has 0 saturated carbocycles. The van der Waals surface area contributed by atoms with E-state index in [1.807, 2.05) is 0 Å². The van der Waals surface area contributed by atoms with E-state index in [0.717, 1.165) is 17.7 Å². The van der Waals surface area contributed by atoms with Gasteiger partial charge in [-0.1, -0.05) is 6.07 Å². The Kier molecular flexibility index (Phi) is 4.83. The van der Waals surface area contributed by atoms with E-state index in [1.54, 1.807) is 24.0 Å². The van der Waals surface area contributed by atoms with E-state index >= 15 is 0 Å². The van der Waals surface area contributed by atoms with Crippen molar-refractivity contribution in [1.82, 2.24) is 4.90 Å². The molecule has 0 aliphatic carbocycles. The molecule has 2 fully saturated rings. The van der Waals surface area contributed by atoms with Crippen LogP contribution in [0.3, 0.4) is 0 Å². The lowest BCUT2D eigenvalue weighted by Gasteiger charge is -2.20. The summed E-state index contributed by atoms with van der Waals surface area (Å²) in [6.07, 6.45) is 1.41. The number of esters is 1. The molecule has 0 unspecified atom stereocenters. The molecule has 2 aliphatic heterocycles. The van der Waals surface area contributed by atoms with Gasteiger partial charge in [0.15, 0.2) is 6.10 Å². The number of hydrogen-bond donors (Lipinski definition) is 0. The summed E-state index contributed by atoms with van der Waals surface area (Å²) in [5.74, 6) is -1.42. The highest BCUT2D eigenvalue weighted by Gasteiger charge is 2.31. The number of rotatable bonds is 4. The van der Waals surface area contributed by atoms with E-state index in [4.69, 9.17) is 4.74 Å². The van der Waals surface area contributed by atoms with Crippen LogP contribution in [-0.4, -0.2) is 47.8 Å². The topological polar surface area (TPSA) is 84.0 Å². The summed E-state index contributed by atoms with van der Waals surface area (Å²) in [5, 5.41) is 0. The van der Waals surface area contributed by atoms with Gasteiger partial charge in [0.2, 0.25) is 11.8 Å². The van der Waals surface area contributed by atoms with Crippen molar-refractivity contribution in [2.45, 2.75) is 38.7 Å². The molecule has 1 aromatic rings. The second kappa shape index (κ2) is 7.04. The highest BCUT2D eigenvalue weighted by atomic mass is 16.5. The number of ether oxygens (including phenoxy) is 1. The van der Waals surface area contributed by atoms with E-state index in [0.29, 0.717) is 18.8 Å². The molecule has 2 heterocycles. The lowest BCUT2D eigenvalue weighted by atomic mass is 10.2. The fraction of sp³-hybridized carbons (Fsp3) is 0.444. The van der Waals surface area contributed by atoms with E-state index < -0.39 is 12.1 Å². The molecule has 1 atom stereocenters. The van der Waals surface area contributed by atoms with Gasteiger partial charge in [-0.05, 0) is 38.0 Å². The molecule has 0 N–H and O–H groups in total. The summed E-state index contributed by atoms with van der Waals surface area (Å²) < 4.78 is 5.26. The van der Waals surface area contributed by atoms with Crippen molar-refractivity contribution in [3.8, 4) is 0 Å². The van der Waals surface area contributed by atoms with Crippen molar-refractivity contribution < 1.29 is 23.9 Å². The lowest BCUT2D eigenvalue weighted by Crippen LogP contribution is -2.38. The Hall–Kier alpha value is -2.70. The Labute approximate surface area is 145 Å². The molecule has 0 spiro atoms. The minimum atomic E-state index is -0.871. The van der Waals surface area contributed by atoms with Crippen LogP contribution >= 0.6 is 0 Å². The average molecular weight is 344 g/mol. The number of benzene rings is 1. The molecule has 7 heteroatoms. The minimum absolute atomic E-state index is 0.175. The van der Waals surface area contributed by atoms with Crippen LogP contribution in [0.4, 0.5) is 5.69 Å². The number of amides is 3. The average Bonchev–Trinajstić information content (AvgIpc) is 3.24. The summed E-state index contributed by atoms with van der Waals surface area (Å²) in [7, 11) is 0. The van der Waals surface area contributed by atoms with Crippen LogP contribution in [0.15, 0.2) is 24.3 Å². The van der Waals surface area contributed by atoms with Gasteiger partial charge in [-0.3, -0.25) is 19.3 Å². The van der Waals surface area contributed by atoms with E-state index in [-0.39, 0.29) is 36.1 Å². The highest BCUT2D eigenvalue weighted by molar-refractivity contribution is 6.20. The summed E-state index contributed by atoms with van der Waals surface area (Å²) in [6.45, 7) is 2.93. The summed E-state index contributed by atoms with van der Waals surface area (Å²) >= 11 is 0. The lowest BCUT2D eigenvalue weighted by molar-refractivity contribution is -0.138. The Bertz CT molecular complexity index is 708. The van der Waals surface area contributed by atoms with Gasteiger partial charge >= 0.3 is 5.97 Å². The first-order chi connectivity index (χ1) is 12.0. The van der Waals surface area contributed by atoms with E-state index in [2.05, 4.69) is 0 Å². The quantitative estimate of drug-likeness (QED) is 0.611. The number of nitrogens with zero attached hydrogens (tertiary/aromatic N) is 2. The first kappa shape index (κ1) is 17.1. The monoisotopic (exact) mass is 344 g/mol. The number of likely N-dealkylation sites (tertiary alicyclic amines) is 1. The van der Waals surface area contributed by atoms with Gasteiger partial charge in [-0.15, -0.1) is 0 Å². The third-order valence-corrected chi connectivity index (χ3v) is 4.44. The van der Waals surface area contributed by atoms with Gasteiger partial charge in [0, 0.05) is 25.9 Å². The Balaban J connectivity index is 1.70. The first-order valence-corrected chi connectivity index (χ1v) is 8.43. The van der Waals surface area contributed by atoms with Crippen molar-refractivity contribution in [1.29, 1.82) is 0 Å². The number of hydrogen-bond acceptors (Lipinski definition) is 5. The molecule has 25 heavy (non-hydrogen) atoms. The summed E-state index contributed by atoms with van der Waals surface area (Å²) in [6, 6.07) is 6.15. The van der Waals surface area contributed by atoms with Gasteiger partial charge in [-0.25, -0.2) is 4.79 Å². The van der Waals surface area contributed by atoms with Gasteiger partial charge < -0.3 is 9.64 Å². The molecule has 3 rings (SSSR count). The zero-order valence-corrected chi connectivity index (χ0v) is 14.1. The van der Waals surface area contributed by atoms with Gasteiger partial charge in [0.25, 0.3) is 5.91 Å². The molecule has 1 aromatic carbocycles. The van der Waals surface area contributed by atoms with Gasteiger partial charge in [-0.2, -0.15) is 0 Å². The zero-order valence-electron chi connectivity index (χ0n) is 14.1. The predicted octanol–water partition coefficient (Wildman–Crippen LogP) is 1.51. The Morgan fingerprint density at radius 3 is 2.36 bits per heavy atom. The molecule has 132 valence electrons. The minimum Gasteiger partial charge on any atom is -0.449 e. The smallest absolute Gasteiger partial charge is 0.338 e. The standard InChI is InChI=1S/C18H20N2O5/c1-12(17(23)19-9-2-3-10-19)25-18(24)13-5-4-6-14(11-13)20-15(21)7-8-16(20)22/h4-6,11-12H,2-3,7-10H2,1H3/t12-/m1/s1. The highest BCUT2D eigenvalue weighted by Crippen LogP contribution is 2.24. The third kappa shape index (κ3) is 3.55. The molecule has 2 saturated heterocycles. The second-order valence-corrected chi connectivity index (χ2v) is 6.25. The molecule has 3 amide bonds. The molecule has 7 nitrogen and oxygen atoms in total. The van der Waals surface area contributed by atoms with Crippen molar-refractivity contribution in [2.75, 3.05) is 18.0 Å². The molecule has 0 radical (unpaired) electrons. The Morgan fingerprint density at radius 2 is 1.72 bits per heavy atom. The maximum absolute atomic E-state index is 12.3. The third-order valence-electron chi connectivity index (χ3n) is 4.44. The number of carbonyl (C=O) groups is 4. The van der Waals surface area contributed by atoms with Crippen LogP contribution in [0, 0.1) is 0 Å². The van der Waals surface area contributed by atoms with Crippen molar-refractivity contribution in [3.63, 3.8) is 0 Å². The van der Waals surface area contributed by atoms with Crippen LogP contribution in [0.1, 0.15) is 43.0 Å². The number of carbonyl (C=O) groups excluding carboxylic acids is 4. The number of anilines is 1. The number of imide groups is 1. The van der Waals surface area contributed by atoms with Gasteiger partial charge in [0.1, 0.15) is 0 Å². The van der Waals surface area contributed by atoms with Crippen LogP contribution < -0.4 is 4.90 Å². The van der Waals surface area contributed by atoms with Crippen molar-refractivity contribution in [2.24, 2.45) is 0 Å². The fourth-order valence-corrected chi connectivity index (χ4v) is 3.11. The largest absolute Gasteiger partial charge is 0.449 e. The fourth-order valence-electron chi connectivity index (χ4n) is 3.11. The molecular formula is C18H20N2O5. The normalized spacial score (nSPS) is 18.6. The second-order valence-electron chi connectivity index (χ2n) is 6.25. The first-order valence-electron chi connectivity index (χ1n) is 8.43. The van der Waals surface area contributed by atoms with Crippen LogP contribution in [0.5, 0.6) is 0 Å². The van der Waals surface area contributed by atoms with Crippen LogP contribution in [-0.2, 0) is 19.1 Å². The maximum atomic E-state index is 12.3. The Morgan fingerprint density at radius 1 is 1.08 bits per heavy atom. The van der Waals surface area contributed by atoms with Gasteiger partial charge in [0.05, 0.1) is 11.3 Å². The molecular weight excluding hydrogens is 324 g/mol. The maximum Gasteiger partial charge on any atom is 0.338 e. The van der Waals surface area contributed by atoms with Crippen LogP contribution in [0.2, 0.25) is 0 Å². The molecule has 0 bridgehead atoms. The van der Waals surface area contributed by atoms with Crippen molar-refractivity contribution >= 4 is 29.4 Å². The van der Waals surface area contributed by atoms with E-state index in [9.17, 15) is 19.2 Å².